The lowest BCUT2D eigenvalue weighted by molar-refractivity contribution is 0.183. The van der Waals surface area contributed by atoms with Crippen LogP contribution in [-0.4, -0.2) is 29.6 Å². The van der Waals surface area contributed by atoms with Crippen molar-refractivity contribution in [2.75, 3.05) is 12.3 Å². The minimum atomic E-state index is -2.41. The number of rotatable bonds is 1. The smallest absolute Gasteiger partial charge is 0.119 e. The van der Waals surface area contributed by atoms with E-state index in [1.807, 2.05) is 30.3 Å². The summed E-state index contributed by atoms with van der Waals surface area (Å²) in [7, 11) is -2.41. The zero-order valence-electron chi connectivity index (χ0n) is 7.84. The summed E-state index contributed by atoms with van der Waals surface area (Å²) < 4.78 is 12.4. The molecule has 3 atom stereocenters. The molecule has 3 N–H and O–H groups in total. The average molecular weight is 211 g/mol. The molecule has 0 bridgehead atoms. The van der Waals surface area contributed by atoms with Gasteiger partial charge >= 0.3 is 0 Å². The normalized spacial score (nSPS) is 37.3. The number of hydrogen-bond acceptors (Lipinski definition) is 3. The van der Waals surface area contributed by atoms with Crippen LogP contribution in [0.4, 0.5) is 0 Å². The van der Waals surface area contributed by atoms with Gasteiger partial charge in [-0.1, -0.05) is 30.3 Å². The predicted octanol–water partition coefficient (Wildman–Crippen LogP) is 0.377. The Morgan fingerprint density at radius 2 is 1.93 bits per heavy atom. The quantitative estimate of drug-likeness (QED) is 0.660. The first-order valence-electron chi connectivity index (χ1n) is 4.69. The van der Waals surface area contributed by atoms with Crippen LogP contribution in [0.1, 0.15) is 0 Å². The summed E-state index contributed by atoms with van der Waals surface area (Å²) in [5.41, 5.74) is 5.67. The summed E-state index contributed by atoms with van der Waals surface area (Å²) in [6.07, 6.45) is 0.150. The fourth-order valence-electron chi connectivity index (χ4n) is 1.88. The van der Waals surface area contributed by atoms with Crippen LogP contribution >= 0.6 is 7.14 Å². The molecule has 2 rings (SSSR count). The van der Waals surface area contributed by atoms with E-state index in [0.717, 1.165) is 5.30 Å². The van der Waals surface area contributed by atoms with E-state index in [1.54, 1.807) is 0 Å². The molecule has 3 nitrogen and oxygen atoms in total. The van der Waals surface area contributed by atoms with E-state index >= 15 is 0 Å². The van der Waals surface area contributed by atoms with E-state index in [1.165, 1.54) is 0 Å². The number of nitrogens with two attached hydrogens (primary N) is 1. The Hall–Kier alpha value is -0.630. The molecule has 0 unspecified atom stereocenters. The standard InChI is InChI=1S/C10H14NO2P/c11-9-6-14(13,7-10(9)12)8-4-2-1-3-5-8/h1-5,9-10,12H,6-7,11H2/t9-,10-,14+/m1/s1. The van der Waals surface area contributed by atoms with E-state index in [2.05, 4.69) is 0 Å². The molecule has 76 valence electrons. The third-order valence-corrected chi connectivity index (χ3v) is 5.92. The van der Waals surface area contributed by atoms with Gasteiger partial charge in [-0.3, -0.25) is 0 Å². The van der Waals surface area contributed by atoms with Gasteiger partial charge < -0.3 is 15.4 Å². The summed E-state index contributed by atoms with van der Waals surface area (Å²) in [4.78, 5) is 0. The van der Waals surface area contributed by atoms with Gasteiger partial charge in [0.25, 0.3) is 0 Å². The average Bonchev–Trinajstić information content (AvgIpc) is 2.44. The first-order valence-corrected chi connectivity index (χ1v) is 6.77. The van der Waals surface area contributed by atoms with Crippen molar-refractivity contribution in [3.63, 3.8) is 0 Å². The first kappa shape index (κ1) is 9.91. The zero-order valence-corrected chi connectivity index (χ0v) is 8.73. The zero-order chi connectivity index (χ0) is 10.2. The maximum absolute atomic E-state index is 12.4. The van der Waals surface area contributed by atoms with E-state index in [-0.39, 0.29) is 6.04 Å². The minimum absolute atomic E-state index is 0.332. The fraction of sp³-hybridized carbons (Fsp3) is 0.400. The summed E-state index contributed by atoms with van der Waals surface area (Å²) in [6, 6.07) is 9.00. The third-order valence-electron chi connectivity index (χ3n) is 2.71. The Balaban J connectivity index is 2.32. The number of aliphatic hydroxyl groups is 1. The molecule has 0 saturated carbocycles. The molecule has 0 amide bonds. The lowest BCUT2D eigenvalue weighted by atomic mass is 10.2. The van der Waals surface area contributed by atoms with Crippen molar-refractivity contribution >= 4 is 12.4 Å². The van der Waals surface area contributed by atoms with Crippen LogP contribution in [0.2, 0.25) is 0 Å². The van der Waals surface area contributed by atoms with Crippen molar-refractivity contribution in [3.8, 4) is 0 Å². The molecule has 1 aliphatic rings. The lowest BCUT2D eigenvalue weighted by Gasteiger charge is -2.10. The molecule has 1 aromatic rings. The molecule has 1 saturated heterocycles. The Labute approximate surface area is 83.3 Å². The molecule has 0 radical (unpaired) electrons. The highest BCUT2D eigenvalue weighted by molar-refractivity contribution is 7.72. The molecule has 0 aromatic heterocycles. The molecule has 14 heavy (non-hydrogen) atoms. The summed E-state index contributed by atoms with van der Waals surface area (Å²) >= 11 is 0. The Morgan fingerprint density at radius 3 is 2.43 bits per heavy atom. The van der Waals surface area contributed by atoms with E-state index < -0.39 is 13.2 Å². The minimum Gasteiger partial charge on any atom is -0.391 e. The Bertz CT molecular complexity index is 352. The largest absolute Gasteiger partial charge is 0.391 e. The molecule has 1 heterocycles. The maximum atomic E-state index is 12.4. The third kappa shape index (κ3) is 1.63. The van der Waals surface area contributed by atoms with Crippen LogP contribution < -0.4 is 11.0 Å². The topological polar surface area (TPSA) is 63.3 Å². The molecule has 1 fully saturated rings. The van der Waals surface area contributed by atoms with Gasteiger partial charge in [-0.25, -0.2) is 0 Å². The molecule has 4 heteroatoms. The number of benzene rings is 1. The Morgan fingerprint density at radius 1 is 1.29 bits per heavy atom. The van der Waals surface area contributed by atoms with Gasteiger partial charge in [-0.2, -0.15) is 0 Å². The highest BCUT2D eigenvalue weighted by atomic mass is 31.2. The van der Waals surface area contributed by atoms with Crippen molar-refractivity contribution in [2.45, 2.75) is 12.1 Å². The van der Waals surface area contributed by atoms with Gasteiger partial charge in [0.05, 0.1) is 6.10 Å². The highest BCUT2D eigenvalue weighted by Gasteiger charge is 2.39. The number of aliphatic hydroxyl groups excluding tert-OH is 1. The summed E-state index contributed by atoms with van der Waals surface area (Å²) in [5, 5.41) is 10.3. The van der Waals surface area contributed by atoms with Crippen molar-refractivity contribution < 1.29 is 9.67 Å². The van der Waals surface area contributed by atoms with Crippen LogP contribution in [0.5, 0.6) is 0 Å². The second-order valence-corrected chi connectivity index (χ2v) is 6.85. The Kier molecular flexibility index (Phi) is 2.48. The molecule has 1 aliphatic heterocycles. The number of hydrogen-bond donors (Lipinski definition) is 2. The highest BCUT2D eigenvalue weighted by Crippen LogP contribution is 2.50. The van der Waals surface area contributed by atoms with Crippen LogP contribution in [0.3, 0.4) is 0 Å². The van der Waals surface area contributed by atoms with Gasteiger partial charge in [-0.05, 0) is 0 Å². The molecular formula is C10H14NO2P. The van der Waals surface area contributed by atoms with Crippen LogP contribution in [-0.2, 0) is 4.57 Å². The van der Waals surface area contributed by atoms with Crippen molar-refractivity contribution in [3.05, 3.63) is 30.3 Å². The van der Waals surface area contributed by atoms with Gasteiger partial charge in [0.2, 0.25) is 0 Å². The second-order valence-electron chi connectivity index (χ2n) is 3.82. The van der Waals surface area contributed by atoms with Crippen molar-refractivity contribution in [2.24, 2.45) is 5.73 Å². The summed E-state index contributed by atoms with van der Waals surface area (Å²) in [6.45, 7) is 0. The van der Waals surface area contributed by atoms with E-state index in [0.29, 0.717) is 12.3 Å². The van der Waals surface area contributed by atoms with Gasteiger partial charge in [0.15, 0.2) is 0 Å². The molecule has 0 spiro atoms. The van der Waals surface area contributed by atoms with E-state index in [4.69, 9.17) is 5.73 Å². The van der Waals surface area contributed by atoms with Crippen LogP contribution in [0.25, 0.3) is 0 Å². The molecular weight excluding hydrogens is 197 g/mol. The molecule has 1 aromatic carbocycles. The second kappa shape index (κ2) is 3.50. The summed E-state index contributed by atoms with van der Waals surface area (Å²) in [5.74, 6) is 0. The van der Waals surface area contributed by atoms with Crippen molar-refractivity contribution in [1.82, 2.24) is 0 Å². The van der Waals surface area contributed by atoms with Crippen LogP contribution in [0.15, 0.2) is 30.3 Å². The van der Waals surface area contributed by atoms with Gasteiger partial charge in [0, 0.05) is 23.7 Å². The van der Waals surface area contributed by atoms with Gasteiger partial charge in [0.1, 0.15) is 7.14 Å². The SMILES string of the molecule is N[C@@H]1C[P@@](=O)(c2ccccc2)C[C@H]1O. The monoisotopic (exact) mass is 211 g/mol. The first-order chi connectivity index (χ1) is 6.62. The van der Waals surface area contributed by atoms with Crippen LogP contribution in [0, 0.1) is 0 Å². The predicted molar refractivity (Wildman–Crippen MR) is 57.4 cm³/mol. The lowest BCUT2D eigenvalue weighted by Crippen LogP contribution is -2.32. The van der Waals surface area contributed by atoms with Crippen molar-refractivity contribution in [1.29, 1.82) is 0 Å². The molecule has 0 aliphatic carbocycles. The van der Waals surface area contributed by atoms with Gasteiger partial charge in [-0.15, -0.1) is 0 Å². The maximum Gasteiger partial charge on any atom is 0.119 e. The van der Waals surface area contributed by atoms with E-state index in [9.17, 15) is 9.67 Å². The fourth-order valence-corrected chi connectivity index (χ4v) is 4.97.